The number of ether oxygens (including phenoxy) is 2. The van der Waals surface area contributed by atoms with Crippen LogP contribution in [0.15, 0.2) is 22.5 Å². The third-order valence-electron chi connectivity index (χ3n) is 7.13. The summed E-state index contributed by atoms with van der Waals surface area (Å²) < 4.78 is 11.9. The molecular formula is C25H33N3O6. The lowest BCUT2D eigenvalue weighted by atomic mass is 9.97. The second-order valence-electron chi connectivity index (χ2n) is 9.12. The van der Waals surface area contributed by atoms with E-state index < -0.39 is 12.0 Å². The third kappa shape index (κ3) is 4.74. The van der Waals surface area contributed by atoms with Gasteiger partial charge in [-0.15, -0.1) is 0 Å². The first-order valence-electron chi connectivity index (χ1n) is 12.1. The van der Waals surface area contributed by atoms with Gasteiger partial charge in [-0.05, 0) is 38.5 Å². The first kappa shape index (κ1) is 24.0. The predicted octanol–water partition coefficient (Wildman–Crippen LogP) is 1.91. The maximum atomic E-state index is 13.7. The van der Waals surface area contributed by atoms with Crippen LogP contribution < -0.4 is 10.3 Å². The number of hydrogen-bond donors (Lipinski definition) is 0. The van der Waals surface area contributed by atoms with E-state index in [1.165, 1.54) is 37.2 Å². The zero-order valence-electron chi connectivity index (χ0n) is 20.0. The number of esters is 1. The molecule has 2 amide bonds. The van der Waals surface area contributed by atoms with Gasteiger partial charge in [-0.1, -0.05) is 11.6 Å². The summed E-state index contributed by atoms with van der Waals surface area (Å²) in [5.41, 5.74) is 1.77. The Morgan fingerprint density at radius 3 is 2.56 bits per heavy atom. The number of carbonyl (C=O) groups is 3. The van der Waals surface area contributed by atoms with Gasteiger partial charge < -0.3 is 23.8 Å². The number of allylic oxidation sites excluding steroid dienone is 1. The van der Waals surface area contributed by atoms with Gasteiger partial charge in [0.25, 0.3) is 11.5 Å². The number of fused-ring (bicyclic) bond motifs is 1. The largest absolute Gasteiger partial charge is 0.496 e. The number of rotatable bonds is 5. The van der Waals surface area contributed by atoms with Crippen molar-refractivity contribution in [2.75, 3.05) is 33.9 Å². The molecule has 1 aromatic rings. The summed E-state index contributed by atoms with van der Waals surface area (Å²) >= 11 is 0. The van der Waals surface area contributed by atoms with E-state index in [0.717, 1.165) is 19.3 Å². The van der Waals surface area contributed by atoms with Crippen molar-refractivity contribution in [3.05, 3.63) is 39.3 Å². The number of methoxy groups -OCH3 is 2. The molecule has 3 aliphatic rings. The van der Waals surface area contributed by atoms with Crippen molar-refractivity contribution in [1.82, 2.24) is 14.4 Å². The Labute approximate surface area is 199 Å². The molecule has 0 bridgehead atoms. The molecule has 0 spiro atoms. The lowest BCUT2D eigenvalue weighted by Crippen LogP contribution is -2.42. The van der Waals surface area contributed by atoms with Gasteiger partial charge in [-0.3, -0.25) is 14.4 Å². The van der Waals surface area contributed by atoms with Gasteiger partial charge in [0.1, 0.15) is 17.4 Å². The topological polar surface area (TPSA) is 98.2 Å². The number of amides is 2. The minimum absolute atomic E-state index is 0.0548. The average molecular weight is 472 g/mol. The minimum Gasteiger partial charge on any atom is -0.496 e. The first-order chi connectivity index (χ1) is 16.4. The SMILES string of the molecule is COC(=O)[C@@H]1CCCN1C(=O)c1c(OC)cc(=O)n2c1CCN(C(=O)CC1=CCCCC1)CC2. The maximum absolute atomic E-state index is 13.7. The second kappa shape index (κ2) is 10.4. The molecule has 1 saturated heterocycles. The molecule has 9 nitrogen and oxygen atoms in total. The molecule has 0 N–H and O–H groups in total. The van der Waals surface area contributed by atoms with E-state index >= 15 is 0 Å². The van der Waals surface area contributed by atoms with E-state index in [4.69, 9.17) is 9.47 Å². The van der Waals surface area contributed by atoms with Crippen molar-refractivity contribution in [3.63, 3.8) is 0 Å². The maximum Gasteiger partial charge on any atom is 0.328 e. The van der Waals surface area contributed by atoms with Crippen LogP contribution in [0, 0.1) is 0 Å². The summed E-state index contributed by atoms with van der Waals surface area (Å²) in [6, 6.07) is 0.673. The standard InChI is InChI=1S/C25H33N3O6/c1-33-20-16-22(30)27-14-13-26(21(29)15-17-7-4-3-5-8-17)12-10-18(27)23(20)24(31)28-11-6-9-19(28)25(32)34-2/h7,16,19H,3-6,8-15H2,1-2H3/t19-/m0/s1. The fourth-order valence-electron chi connectivity index (χ4n) is 5.30. The summed E-state index contributed by atoms with van der Waals surface area (Å²) in [5, 5.41) is 0. The van der Waals surface area contributed by atoms with Gasteiger partial charge in [0.15, 0.2) is 0 Å². The number of likely N-dealkylation sites (tertiary alicyclic amines) is 1. The van der Waals surface area contributed by atoms with Crippen LogP contribution in [0.3, 0.4) is 0 Å². The van der Waals surface area contributed by atoms with Gasteiger partial charge in [0, 0.05) is 50.8 Å². The quantitative estimate of drug-likeness (QED) is 0.481. The molecule has 0 radical (unpaired) electrons. The lowest BCUT2D eigenvalue weighted by Gasteiger charge is -2.25. The van der Waals surface area contributed by atoms with Crippen molar-refractivity contribution >= 4 is 17.8 Å². The van der Waals surface area contributed by atoms with Gasteiger partial charge in [-0.25, -0.2) is 4.79 Å². The molecular weight excluding hydrogens is 438 g/mol. The van der Waals surface area contributed by atoms with Crippen molar-refractivity contribution in [1.29, 1.82) is 0 Å². The Kier molecular flexibility index (Phi) is 7.38. The minimum atomic E-state index is -0.651. The van der Waals surface area contributed by atoms with E-state index in [9.17, 15) is 19.2 Å². The average Bonchev–Trinajstić information content (AvgIpc) is 3.23. The van der Waals surface area contributed by atoms with Crippen LogP contribution >= 0.6 is 0 Å². The molecule has 1 aromatic heterocycles. The molecule has 4 rings (SSSR count). The molecule has 9 heteroatoms. The molecule has 1 aliphatic carbocycles. The zero-order valence-corrected chi connectivity index (χ0v) is 20.0. The van der Waals surface area contributed by atoms with Crippen molar-refractivity contribution in [2.45, 2.75) is 64.0 Å². The molecule has 0 unspecified atom stereocenters. The Bertz CT molecular complexity index is 1060. The molecule has 2 aliphatic heterocycles. The lowest BCUT2D eigenvalue weighted by molar-refractivity contribution is -0.145. The van der Waals surface area contributed by atoms with Gasteiger partial charge >= 0.3 is 5.97 Å². The van der Waals surface area contributed by atoms with Crippen LogP contribution in [0.5, 0.6) is 5.75 Å². The smallest absolute Gasteiger partial charge is 0.328 e. The third-order valence-corrected chi connectivity index (χ3v) is 7.13. The monoisotopic (exact) mass is 471 g/mol. The number of aromatic nitrogens is 1. The van der Waals surface area contributed by atoms with E-state index in [0.29, 0.717) is 63.1 Å². The van der Waals surface area contributed by atoms with Crippen LogP contribution in [-0.4, -0.2) is 72.0 Å². The Morgan fingerprint density at radius 2 is 1.85 bits per heavy atom. The number of pyridine rings is 1. The Balaban J connectivity index is 1.61. The number of carbonyl (C=O) groups excluding carboxylic acids is 3. The molecule has 1 atom stereocenters. The molecule has 1 fully saturated rings. The summed E-state index contributed by atoms with van der Waals surface area (Å²) in [6.45, 7) is 1.57. The zero-order chi connectivity index (χ0) is 24.2. The van der Waals surface area contributed by atoms with E-state index in [1.807, 2.05) is 0 Å². The van der Waals surface area contributed by atoms with E-state index in [-0.39, 0.29) is 23.1 Å². The predicted molar refractivity (Wildman–Crippen MR) is 125 cm³/mol. The molecule has 0 aromatic carbocycles. The van der Waals surface area contributed by atoms with E-state index in [1.54, 1.807) is 9.47 Å². The fraction of sp³-hybridized carbons (Fsp3) is 0.600. The molecule has 3 heterocycles. The normalized spacial score (nSPS) is 20.3. The molecule has 34 heavy (non-hydrogen) atoms. The van der Waals surface area contributed by atoms with Crippen molar-refractivity contribution < 1.29 is 23.9 Å². The highest BCUT2D eigenvalue weighted by atomic mass is 16.5. The van der Waals surface area contributed by atoms with Gasteiger partial charge in [-0.2, -0.15) is 0 Å². The van der Waals surface area contributed by atoms with Crippen molar-refractivity contribution in [3.8, 4) is 5.75 Å². The molecule has 184 valence electrons. The van der Waals surface area contributed by atoms with Crippen LogP contribution in [0.25, 0.3) is 0 Å². The summed E-state index contributed by atoms with van der Waals surface area (Å²) in [7, 11) is 2.74. The Hall–Kier alpha value is -3.10. The van der Waals surface area contributed by atoms with Crippen LogP contribution in [0.4, 0.5) is 0 Å². The molecule has 0 saturated carbocycles. The van der Waals surface area contributed by atoms with Crippen LogP contribution in [0.1, 0.15) is 61.0 Å². The highest BCUT2D eigenvalue weighted by Crippen LogP contribution is 2.29. The summed E-state index contributed by atoms with van der Waals surface area (Å²) in [6.07, 6.45) is 8.46. The van der Waals surface area contributed by atoms with E-state index in [2.05, 4.69) is 6.08 Å². The van der Waals surface area contributed by atoms with Crippen molar-refractivity contribution in [2.24, 2.45) is 0 Å². The van der Waals surface area contributed by atoms with Crippen LogP contribution in [-0.2, 0) is 27.3 Å². The van der Waals surface area contributed by atoms with Gasteiger partial charge in [0.2, 0.25) is 5.91 Å². The fourth-order valence-corrected chi connectivity index (χ4v) is 5.30. The first-order valence-corrected chi connectivity index (χ1v) is 12.1. The number of nitrogens with zero attached hydrogens (tertiary/aromatic N) is 3. The second-order valence-corrected chi connectivity index (χ2v) is 9.12. The van der Waals surface area contributed by atoms with Crippen LogP contribution in [0.2, 0.25) is 0 Å². The summed E-state index contributed by atoms with van der Waals surface area (Å²) in [5.74, 6) is -0.540. The Morgan fingerprint density at radius 1 is 1.03 bits per heavy atom. The highest BCUT2D eigenvalue weighted by Gasteiger charge is 2.38. The van der Waals surface area contributed by atoms with Gasteiger partial charge in [0.05, 0.1) is 14.2 Å². The number of hydrogen-bond acceptors (Lipinski definition) is 6. The summed E-state index contributed by atoms with van der Waals surface area (Å²) in [4.78, 5) is 55.1. The highest BCUT2D eigenvalue weighted by molar-refractivity contribution is 6.00.